The molecule has 0 saturated carbocycles. The quantitative estimate of drug-likeness (QED) is 0.204. The highest BCUT2D eigenvalue weighted by Gasteiger charge is 2.26. The number of nitrogens with one attached hydrogen (secondary N) is 2. The lowest BCUT2D eigenvalue weighted by Crippen LogP contribution is -2.22. The molecular weight excluding hydrogens is 445 g/mol. The molecule has 0 unspecified atom stereocenters. The summed E-state index contributed by atoms with van der Waals surface area (Å²) in [5, 5.41) is 20.8. The first-order chi connectivity index (χ1) is 16.8. The molecule has 0 aromatic heterocycles. The number of hydrogen-bond donors (Lipinski definition) is 4. The largest absolute Gasteiger partial charge is 0.493 e. The highest BCUT2D eigenvalue weighted by molar-refractivity contribution is 5.95. The molecule has 184 valence electrons. The Morgan fingerprint density at radius 2 is 1.83 bits per heavy atom. The number of aryl methyl sites for hydroxylation is 2. The Balaban J connectivity index is 1.95. The third-order valence-corrected chi connectivity index (χ3v) is 5.77. The zero-order chi connectivity index (χ0) is 25.4. The fourth-order valence-electron chi connectivity index (χ4n) is 3.98. The van der Waals surface area contributed by atoms with Gasteiger partial charge >= 0.3 is 5.97 Å². The van der Waals surface area contributed by atoms with E-state index >= 15 is 0 Å². The van der Waals surface area contributed by atoms with Gasteiger partial charge in [-0.05, 0) is 72.0 Å². The normalized spacial score (nSPS) is 11.6. The van der Waals surface area contributed by atoms with Crippen molar-refractivity contribution in [3.63, 3.8) is 0 Å². The van der Waals surface area contributed by atoms with Gasteiger partial charge in [0.05, 0.1) is 6.61 Å². The Labute approximate surface area is 205 Å². The molecule has 6 nitrogen and oxygen atoms in total. The lowest BCUT2D eigenvalue weighted by atomic mass is 9.95. The van der Waals surface area contributed by atoms with Crippen LogP contribution in [0.4, 0.5) is 10.1 Å². The zero-order valence-electron chi connectivity index (χ0n) is 20.1. The Morgan fingerprint density at radius 1 is 1.09 bits per heavy atom. The molecule has 7 heteroatoms. The van der Waals surface area contributed by atoms with Crippen LogP contribution in [0.5, 0.6) is 5.75 Å². The van der Waals surface area contributed by atoms with Crippen molar-refractivity contribution in [2.24, 2.45) is 5.73 Å². The minimum absolute atomic E-state index is 0.0554. The number of carboxylic acid groups (broad SMARTS) is 1. The molecule has 0 radical (unpaired) electrons. The van der Waals surface area contributed by atoms with Crippen LogP contribution in [0.25, 0.3) is 0 Å². The lowest BCUT2D eigenvalue weighted by molar-refractivity contribution is -0.138. The molecule has 0 aliphatic heterocycles. The Kier molecular flexibility index (Phi) is 8.84. The second kappa shape index (κ2) is 12.0. The van der Waals surface area contributed by atoms with Crippen LogP contribution in [0.1, 0.15) is 54.1 Å². The maximum absolute atomic E-state index is 13.6. The molecule has 0 aliphatic rings. The third kappa shape index (κ3) is 6.82. The van der Waals surface area contributed by atoms with Gasteiger partial charge < -0.3 is 20.9 Å². The van der Waals surface area contributed by atoms with Crippen molar-refractivity contribution in [3.8, 4) is 5.75 Å². The van der Waals surface area contributed by atoms with E-state index in [1.165, 1.54) is 12.1 Å². The van der Waals surface area contributed by atoms with Crippen LogP contribution in [-0.2, 0) is 24.1 Å². The van der Waals surface area contributed by atoms with Gasteiger partial charge in [-0.25, -0.2) is 9.18 Å². The number of halogens is 1. The zero-order valence-corrected chi connectivity index (χ0v) is 20.1. The van der Waals surface area contributed by atoms with E-state index in [1.807, 2.05) is 19.1 Å². The molecule has 3 aromatic rings. The monoisotopic (exact) mass is 477 g/mol. The molecule has 0 bridgehead atoms. The summed E-state index contributed by atoms with van der Waals surface area (Å²) >= 11 is 0. The van der Waals surface area contributed by atoms with Gasteiger partial charge in [0.15, 0.2) is 6.04 Å². The van der Waals surface area contributed by atoms with Crippen LogP contribution < -0.4 is 15.8 Å². The second-order valence-electron chi connectivity index (χ2n) is 8.41. The molecule has 3 rings (SSSR count). The number of nitrogen functional groups attached to an aromatic ring is 1. The maximum Gasteiger partial charge on any atom is 0.330 e. The van der Waals surface area contributed by atoms with Gasteiger partial charge in [0.1, 0.15) is 17.4 Å². The van der Waals surface area contributed by atoms with Gasteiger partial charge in [-0.1, -0.05) is 38.5 Å². The van der Waals surface area contributed by atoms with Gasteiger partial charge in [-0.2, -0.15) is 0 Å². The van der Waals surface area contributed by atoms with Crippen molar-refractivity contribution in [2.75, 3.05) is 11.9 Å². The predicted molar refractivity (Wildman–Crippen MR) is 137 cm³/mol. The first-order valence-corrected chi connectivity index (χ1v) is 11.8. The van der Waals surface area contributed by atoms with E-state index in [0.29, 0.717) is 29.0 Å². The summed E-state index contributed by atoms with van der Waals surface area (Å²) < 4.78 is 19.8. The summed E-state index contributed by atoms with van der Waals surface area (Å²) in [7, 11) is 0. The SMILES string of the molecule is CCCc1cc(CC)cc([C@@H](Nc2ccc(C(=N)N)cc2)C(=O)O)c1OCCc1cccc(F)c1. The molecule has 0 heterocycles. The standard InChI is InChI=1S/C28H32FN3O3/c1-3-6-21-15-18(4-2)17-24(26(21)35-14-13-19-7-5-8-22(29)16-19)25(28(33)34)32-23-11-9-20(10-12-23)27(30)31/h5,7-12,15-17,25,32H,3-4,6,13-14H2,1-2H3,(H3,30,31)(H,33,34)/t25-/m1/s1. The topological polar surface area (TPSA) is 108 Å². The number of amidine groups is 1. The molecule has 5 N–H and O–H groups in total. The summed E-state index contributed by atoms with van der Waals surface area (Å²) in [6.45, 7) is 4.39. The Morgan fingerprint density at radius 3 is 2.43 bits per heavy atom. The molecule has 1 atom stereocenters. The molecule has 35 heavy (non-hydrogen) atoms. The third-order valence-electron chi connectivity index (χ3n) is 5.77. The number of carbonyl (C=O) groups is 1. The number of aliphatic carboxylic acids is 1. The molecule has 0 saturated heterocycles. The molecule has 3 aromatic carbocycles. The maximum atomic E-state index is 13.6. The van der Waals surface area contributed by atoms with Crippen molar-refractivity contribution < 1.29 is 19.0 Å². The van der Waals surface area contributed by atoms with Crippen molar-refractivity contribution in [2.45, 2.75) is 45.6 Å². The Hall–Kier alpha value is -3.87. The first-order valence-electron chi connectivity index (χ1n) is 11.8. The van der Waals surface area contributed by atoms with E-state index in [4.69, 9.17) is 15.9 Å². The van der Waals surface area contributed by atoms with Crippen LogP contribution in [-0.4, -0.2) is 23.5 Å². The minimum Gasteiger partial charge on any atom is -0.493 e. The van der Waals surface area contributed by atoms with Crippen molar-refractivity contribution in [1.82, 2.24) is 0 Å². The number of benzene rings is 3. The second-order valence-corrected chi connectivity index (χ2v) is 8.41. The van der Waals surface area contributed by atoms with E-state index in [2.05, 4.69) is 18.3 Å². The molecular formula is C28H32FN3O3. The number of ether oxygens (including phenoxy) is 1. The number of nitrogens with two attached hydrogens (primary N) is 1. The van der Waals surface area contributed by atoms with Gasteiger partial charge in [0.25, 0.3) is 0 Å². The van der Waals surface area contributed by atoms with E-state index in [0.717, 1.165) is 36.0 Å². The number of rotatable bonds is 12. The minimum atomic E-state index is -1.05. The predicted octanol–water partition coefficient (Wildman–Crippen LogP) is 5.48. The van der Waals surface area contributed by atoms with Crippen molar-refractivity contribution >= 4 is 17.5 Å². The van der Waals surface area contributed by atoms with Crippen LogP contribution in [0.2, 0.25) is 0 Å². The smallest absolute Gasteiger partial charge is 0.330 e. The van der Waals surface area contributed by atoms with E-state index < -0.39 is 12.0 Å². The molecule has 0 aliphatic carbocycles. The Bertz CT molecular complexity index is 1180. The van der Waals surface area contributed by atoms with Gasteiger partial charge in [0, 0.05) is 23.2 Å². The van der Waals surface area contributed by atoms with Crippen LogP contribution in [0.3, 0.4) is 0 Å². The lowest BCUT2D eigenvalue weighted by Gasteiger charge is -2.23. The number of carboxylic acids is 1. The van der Waals surface area contributed by atoms with E-state index in [9.17, 15) is 14.3 Å². The van der Waals surface area contributed by atoms with Crippen LogP contribution >= 0.6 is 0 Å². The van der Waals surface area contributed by atoms with Gasteiger partial charge in [0.2, 0.25) is 0 Å². The molecule has 0 amide bonds. The van der Waals surface area contributed by atoms with Gasteiger partial charge in [-0.15, -0.1) is 0 Å². The number of hydrogen-bond acceptors (Lipinski definition) is 4. The van der Waals surface area contributed by atoms with Crippen LogP contribution in [0, 0.1) is 11.2 Å². The summed E-state index contributed by atoms with van der Waals surface area (Å²) in [6.07, 6.45) is 2.88. The van der Waals surface area contributed by atoms with Crippen LogP contribution in [0.15, 0.2) is 60.7 Å². The average molecular weight is 478 g/mol. The van der Waals surface area contributed by atoms with E-state index in [1.54, 1.807) is 30.3 Å². The summed E-state index contributed by atoms with van der Waals surface area (Å²) in [5.74, 6) is -0.833. The first kappa shape index (κ1) is 25.7. The summed E-state index contributed by atoms with van der Waals surface area (Å²) in [4.78, 5) is 12.4. The highest BCUT2D eigenvalue weighted by atomic mass is 19.1. The number of anilines is 1. The van der Waals surface area contributed by atoms with E-state index in [-0.39, 0.29) is 18.3 Å². The average Bonchev–Trinajstić information content (AvgIpc) is 2.83. The fraction of sp³-hybridized carbons (Fsp3) is 0.286. The molecule has 0 fully saturated rings. The van der Waals surface area contributed by atoms with Gasteiger partial charge in [-0.3, -0.25) is 5.41 Å². The highest BCUT2D eigenvalue weighted by Crippen LogP contribution is 2.34. The fourth-order valence-corrected chi connectivity index (χ4v) is 3.98. The van der Waals surface area contributed by atoms with Crippen molar-refractivity contribution in [3.05, 3.63) is 94.3 Å². The molecule has 0 spiro atoms. The summed E-state index contributed by atoms with van der Waals surface area (Å²) in [6, 6.07) is 16.0. The van der Waals surface area contributed by atoms with Crippen molar-refractivity contribution in [1.29, 1.82) is 5.41 Å². The summed E-state index contributed by atoms with van der Waals surface area (Å²) in [5.41, 5.74) is 10.0.